The SMILES string of the molecule is C=CCOc1ccc(C2CC(=O)N(c3ccccc3C(F)(F)F)C3=C2C(=O)CC(C)(C)C3)cc1. The number of anilines is 1. The highest BCUT2D eigenvalue weighted by Gasteiger charge is 2.46. The molecule has 0 radical (unpaired) electrons. The van der Waals surface area contributed by atoms with E-state index in [1.165, 1.54) is 18.2 Å². The zero-order valence-electron chi connectivity index (χ0n) is 19.1. The smallest absolute Gasteiger partial charge is 0.418 e. The predicted molar refractivity (Wildman–Crippen MR) is 123 cm³/mol. The monoisotopic (exact) mass is 469 g/mol. The normalized spacial score (nSPS) is 20.3. The van der Waals surface area contributed by atoms with E-state index in [4.69, 9.17) is 4.74 Å². The molecule has 0 aromatic heterocycles. The minimum absolute atomic E-state index is 0.0932. The van der Waals surface area contributed by atoms with E-state index in [1.807, 2.05) is 13.8 Å². The average molecular weight is 470 g/mol. The number of benzene rings is 2. The van der Waals surface area contributed by atoms with Gasteiger partial charge in [-0.05, 0) is 41.7 Å². The van der Waals surface area contributed by atoms with Crippen molar-refractivity contribution in [2.24, 2.45) is 5.41 Å². The van der Waals surface area contributed by atoms with Gasteiger partial charge in [-0.3, -0.25) is 14.5 Å². The van der Waals surface area contributed by atoms with Crippen LogP contribution in [0.1, 0.15) is 50.2 Å². The van der Waals surface area contributed by atoms with Crippen LogP contribution in [-0.2, 0) is 15.8 Å². The number of alkyl halides is 3. The summed E-state index contributed by atoms with van der Waals surface area (Å²) in [6, 6.07) is 12.1. The van der Waals surface area contributed by atoms with Crippen LogP contribution in [0.3, 0.4) is 0 Å². The molecule has 1 aliphatic heterocycles. The minimum atomic E-state index is -4.64. The first-order chi connectivity index (χ1) is 16.0. The molecule has 1 heterocycles. The molecule has 1 aliphatic carbocycles. The molecule has 2 aliphatic rings. The predicted octanol–water partition coefficient (Wildman–Crippen LogP) is 6.43. The van der Waals surface area contributed by atoms with Gasteiger partial charge in [0.15, 0.2) is 5.78 Å². The second-order valence-electron chi connectivity index (χ2n) is 9.47. The molecule has 0 spiro atoms. The lowest BCUT2D eigenvalue weighted by molar-refractivity contribution is -0.137. The highest BCUT2D eigenvalue weighted by Crippen LogP contribution is 2.50. The molecule has 2 aromatic carbocycles. The van der Waals surface area contributed by atoms with Gasteiger partial charge in [-0.1, -0.05) is 50.8 Å². The number of para-hydroxylation sites is 1. The van der Waals surface area contributed by atoms with Gasteiger partial charge in [0.05, 0.1) is 11.3 Å². The molecule has 0 saturated heterocycles. The zero-order valence-corrected chi connectivity index (χ0v) is 19.1. The van der Waals surface area contributed by atoms with Crippen molar-refractivity contribution < 1.29 is 27.5 Å². The maximum atomic E-state index is 13.8. The molecular formula is C27H26F3NO3. The minimum Gasteiger partial charge on any atom is -0.490 e. The molecule has 2 aromatic rings. The summed E-state index contributed by atoms with van der Waals surface area (Å²) in [5, 5.41) is 0. The number of rotatable bonds is 5. The van der Waals surface area contributed by atoms with E-state index >= 15 is 0 Å². The van der Waals surface area contributed by atoms with E-state index in [2.05, 4.69) is 6.58 Å². The number of ketones is 1. The summed E-state index contributed by atoms with van der Waals surface area (Å²) in [7, 11) is 0. The Balaban J connectivity index is 1.85. The topological polar surface area (TPSA) is 46.6 Å². The summed E-state index contributed by atoms with van der Waals surface area (Å²) < 4.78 is 47.0. The molecule has 1 atom stereocenters. The first-order valence-corrected chi connectivity index (χ1v) is 11.1. The largest absolute Gasteiger partial charge is 0.490 e. The van der Waals surface area contributed by atoms with E-state index in [1.54, 1.807) is 30.3 Å². The standard InChI is InChI=1S/C27H26F3NO3/c1-4-13-34-18-11-9-17(10-12-18)19-14-24(33)31(21-8-6-5-7-20(21)27(28,29)30)22-15-26(2,3)16-23(32)25(19)22/h4-12,19H,1,13-16H2,2-3H3. The fraction of sp³-hybridized carbons (Fsp3) is 0.333. The number of carbonyl (C=O) groups is 2. The summed E-state index contributed by atoms with van der Waals surface area (Å²) in [5.41, 5.74) is -0.0606. The average Bonchev–Trinajstić information content (AvgIpc) is 2.76. The van der Waals surface area contributed by atoms with Crippen LogP contribution in [0.2, 0.25) is 0 Å². The van der Waals surface area contributed by atoms with Crippen LogP contribution in [0.25, 0.3) is 0 Å². The summed E-state index contributed by atoms with van der Waals surface area (Å²) in [6.45, 7) is 7.74. The number of carbonyl (C=O) groups excluding carboxylic acids is 2. The second-order valence-corrected chi connectivity index (χ2v) is 9.47. The van der Waals surface area contributed by atoms with Gasteiger partial charge < -0.3 is 4.74 Å². The third-order valence-corrected chi connectivity index (χ3v) is 6.24. The lowest BCUT2D eigenvalue weighted by atomic mass is 9.69. The summed E-state index contributed by atoms with van der Waals surface area (Å²) in [5.74, 6) is -0.492. The van der Waals surface area contributed by atoms with E-state index in [-0.39, 0.29) is 24.3 Å². The summed E-state index contributed by atoms with van der Waals surface area (Å²) in [6.07, 6.45) is -2.51. The van der Waals surface area contributed by atoms with Gasteiger partial charge in [-0.25, -0.2) is 0 Å². The van der Waals surface area contributed by atoms with Crippen LogP contribution in [0, 0.1) is 5.41 Å². The van der Waals surface area contributed by atoms with Gasteiger partial charge >= 0.3 is 6.18 Å². The van der Waals surface area contributed by atoms with E-state index < -0.39 is 29.0 Å². The Kier molecular flexibility index (Phi) is 6.14. The second kappa shape index (κ2) is 8.78. The number of allylic oxidation sites excluding steroid dienone is 2. The van der Waals surface area contributed by atoms with Gasteiger partial charge in [-0.15, -0.1) is 0 Å². The Morgan fingerprint density at radius 2 is 1.76 bits per heavy atom. The molecule has 0 saturated carbocycles. The van der Waals surface area contributed by atoms with E-state index in [0.717, 1.165) is 16.5 Å². The van der Waals surface area contributed by atoms with Gasteiger partial charge in [0.2, 0.25) is 5.91 Å². The molecule has 0 bridgehead atoms. The third kappa shape index (κ3) is 4.52. The van der Waals surface area contributed by atoms with Crippen LogP contribution < -0.4 is 9.64 Å². The molecule has 0 N–H and O–H groups in total. The molecular weight excluding hydrogens is 443 g/mol. The fourth-order valence-corrected chi connectivity index (χ4v) is 4.84. The third-order valence-electron chi connectivity index (χ3n) is 6.24. The number of hydrogen-bond acceptors (Lipinski definition) is 3. The fourth-order valence-electron chi connectivity index (χ4n) is 4.84. The Morgan fingerprint density at radius 3 is 2.41 bits per heavy atom. The highest BCUT2D eigenvalue weighted by molar-refractivity contribution is 6.08. The van der Waals surface area contributed by atoms with Crippen LogP contribution in [0.4, 0.5) is 18.9 Å². The lowest BCUT2D eigenvalue weighted by Gasteiger charge is -2.43. The zero-order chi connectivity index (χ0) is 24.7. The molecule has 4 rings (SSSR count). The number of ether oxygens (including phenoxy) is 1. The number of amides is 1. The maximum absolute atomic E-state index is 13.8. The number of hydrogen-bond donors (Lipinski definition) is 0. The van der Waals surface area contributed by atoms with Crippen molar-refractivity contribution in [1.29, 1.82) is 0 Å². The van der Waals surface area contributed by atoms with Crippen molar-refractivity contribution in [1.82, 2.24) is 0 Å². The number of nitrogens with zero attached hydrogens (tertiary/aromatic N) is 1. The molecule has 0 fully saturated rings. The van der Waals surface area contributed by atoms with Gasteiger partial charge in [-0.2, -0.15) is 13.2 Å². The quantitative estimate of drug-likeness (QED) is 0.474. The van der Waals surface area contributed by atoms with Crippen molar-refractivity contribution >= 4 is 17.4 Å². The Morgan fingerprint density at radius 1 is 1.09 bits per heavy atom. The Hall–Kier alpha value is -3.35. The van der Waals surface area contributed by atoms with Crippen molar-refractivity contribution in [3.63, 3.8) is 0 Å². The summed E-state index contributed by atoms with van der Waals surface area (Å²) >= 11 is 0. The first kappa shape index (κ1) is 23.8. The van der Waals surface area contributed by atoms with E-state index in [9.17, 15) is 22.8 Å². The highest BCUT2D eigenvalue weighted by atomic mass is 19.4. The molecule has 1 amide bonds. The van der Waals surface area contributed by atoms with Crippen LogP contribution in [-0.4, -0.2) is 18.3 Å². The van der Waals surface area contributed by atoms with Crippen LogP contribution >= 0.6 is 0 Å². The maximum Gasteiger partial charge on any atom is 0.418 e. The van der Waals surface area contributed by atoms with Crippen molar-refractivity contribution in [2.75, 3.05) is 11.5 Å². The van der Waals surface area contributed by atoms with Crippen LogP contribution in [0.5, 0.6) is 5.75 Å². The number of Topliss-reactive ketones (excluding diaryl/α,β-unsaturated/α-hetero) is 1. The van der Waals surface area contributed by atoms with Crippen LogP contribution in [0.15, 0.2) is 72.5 Å². The Bertz CT molecular complexity index is 1160. The van der Waals surface area contributed by atoms with Gasteiger partial charge in [0, 0.05) is 30.0 Å². The van der Waals surface area contributed by atoms with Crippen molar-refractivity contribution in [2.45, 2.75) is 45.2 Å². The molecule has 4 nitrogen and oxygen atoms in total. The lowest BCUT2D eigenvalue weighted by Crippen LogP contribution is -2.44. The van der Waals surface area contributed by atoms with Crippen molar-refractivity contribution in [3.8, 4) is 5.75 Å². The first-order valence-electron chi connectivity index (χ1n) is 11.1. The summed E-state index contributed by atoms with van der Waals surface area (Å²) in [4.78, 5) is 27.9. The molecule has 178 valence electrons. The Labute approximate surface area is 196 Å². The van der Waals surface area contributed by atoms with Gasteiger partial charge in [0.25, 0.3) is 0 Å². The molecule has 1 unspecified atom stereocenters. The van der Waals surface area contributed by atoms with Crippen molar-refractivity contribution in [3.05, 3.63) is 83.6 Å². The molecule has 7 heteroatoms. The molecule has 34 heavy (non-hydrogen) atoms. The number of halogens is 3. The van der Waals surface area contributed by atoms with E-state index in [0.29, 0.717) is 30.0 Å². The van der Waals surface area contributed by atoms with Gasteiger partial charge in [0.1, 0.15) is 12.4 Å².